The first-order valence-corrected chi connectivity index (χ1v) is 4.75. The summed E-state index contributed by atoms with van der Waals surface area (Å²) in [4.78, 5) is 11.2. The standard InChI is InChI=1S/C9H10Cl2O2/c1-2-13-8(12)7-3-5-9(10,11)6-4-7/h3-5H,2,6H2,1H3. The van der Waals surface area contributed by atoms with Crippen LogP contribution in [0.3, 0.4) is 0 Å². The van der Waals surface area contributed by atoms with E-state index < -0.39 is 4.33 Å². The zero-order valence-corrected chi connectivity index (χ0v) is 8.73. The Labute approximate surface area is 87.2 Å². The predicted molar refractivity (Wildman–Crippen MR) is 52.9 cm³/mol. The summed E-state index contributed by atoms with van der Waals surface area (Å²) < 4.78 is 3.93. The van der Waals surface area contributed by atoms with Crippen molar-refractivity contribution in [2.75, 3.05) is 6.61 Å². The van der Waals surface area contributed by atoms with Gasteiger partial charge in [-0.1, -0.05) is 29.3 Å². The number of carbonyl (C=O) groups is 1. The van der Waals surface area contributed by atoms with Crippen LogP contribution >= 0.6 is 23.2 Å². The van der Waals surface area contributed by atoms with Crippen molar-refractivity contribution < 1.29 is 9.53 Å². The van der Waals surface area contributed by atoms with E-state index in [1.54, 1.807) is 25.2 Å². The first kappa shape index (κ1) is 10.6. The summed E-state index contributed by atoms with van der Waals surface area (Å²) in [5.74, 6) is -0.331. The Hall–Kier alpha value is -0.470. The van der Waals surface area contributed by atoms with Crippen LogP contribution < -0.4 is 0 Å². The number of ether oxygens (including phenoxy) is 1. The number of hydrogen-bond donors (Lipinski definition) is 0. The van der Waals surface area contributed by atoms with E-state index >= 15 is 0 Å². The maximum atomic E-state index is 11.2. The molecule has 0 N–H and O–H groups in total. The van der Waals surface area contributed by atoms with Crippen molar-refractivity contribution in [3.63, 3.8) is 0 Å². The smallest absolute Gasteiger partial charge is 0.337 e. The molecule has 0 aromatic carbocycles. The second-order valence-corrected chi connectivity index (χ2v) is 4.22. The average Bonchev–Trinajstić information content (AvgIpc) is 2.04. The number of esters is 1. The van der Waals surface area contributed by atoms with Gasteiger partial charge in [0.25, 0.3) is 0 Å². The van der Waals surface area contributed by atoms with Gasteiger partial charge in [-0.25, -0.2) is 4.79 Å². The summed E-state index contributed by atoms with van der Waals surface area (Å²) in [6.45, 7) is 2.13. The molecule has 0 aromatic heterocycles. The summed E-state index contributed by atoms with van der Waals surface area (Å²) in [5.41, 5.74) is 0.513. The molecule has 0 radical (unpaired) electrons. The molecule has 0 spiro atoms. The highest BCUT2D eigenvalue weighted by Crippen LogP contribution is 2.31. The lowest BCUT2D eigenvalue weighted by Crippen LogP contribution is -2.14. The molecule has 13 heavy (non-hydrogen) atoms. The highest BCUT2D eigenvalue weighted by atomic mass is 35.5. The van der Waals surface area contributed by atoms with E-state index in [4.69, 9.17) is 27.9 Å². The molecule has 0 heterocycles. The fourth-order valence-electron chi connectivity index (χ4n) is 0.960. The van der Waals surface area contributed by atoms with E-state index in [2.05, 4.69) is 0 Å². The van der Waals surface area contributed by atoms with E-state index in [-0.39, 0.29) is 5.97 Å². The van der Waals surface area contributed by atoms with Crippen LogP contribution in [0.5, 0.6) is 0 Å². The number of hydrogen-bond acceptors (Lipinski definition) is 2. The summed E-state index contributed by atoms with van der Waals surface area (Å²) in [6, 6.07) is 0. The Morgan fingerprint density at radius 1 is 1.69 bits per heavy atom. The quantitative estimate of drug-likeness (QED) is 0.529. The highest BCUT2D eigenvalue weighted by Gasteiger charge is 2.23. The van der Waals surface area contributed by atoms with Gasteiger partial charge in [0.1, 0.15) is 4.33 Å². The van der Waals surface area contributed by atoms with Crippen molar-refractivity contribution in [1.82, 2.24) is 0 Å². The molecule has 0 saturated heterocycles. The van der Waals surface area contributed by atoms with E-state index in [1.807, 2.05) is 0 Å². The maximum Gasteiger partial charge on any atom is 0.337 e. The Morgan fingerprint density at radius 2 is 2.38 bits per heavy atom. The van der Waals surface area contributed by atoms with Gasteiger partial charge in [0.15, 0.2) is 0 Å². The summed E-state index contributed by atoms with van der Waals surface area (Å²) in [6.07, 6.45) is 5.28. The van der Waals surface area contributed by atoms with Crippen LogP contribution in [0.15, 0.2) is 23.8 Å². The number of rotatable bonds is 2. The molecule has 0 fully saturated rings. The average molecular weight is 221 g/mol. The monoisotopic (exact) mass is 220 g/mol. The van der Waals surface area contributed by atoms with Crippen molar-refractivity contribution in [3.8, 4) is 0 Å². The second-order valence-electron chi connectivity index (χ2n) is 2.68. The van der Waals surface area contributed by atoms with Crippen molar-refractivity contribution in [2.45, 2.75) is 17.7 Å². The Morgan fingerprint density at radius 3 is 2.85 bits per heavy atom. The van der Waals surface area contributed by atoms with Crippen LogP contribution in [0, 0.1) is 0 Å². The number of carbonyl (C=O) groups excluding carboxylic acids is 1. The van der Waals surface area contributed by atoms with Gasteiger partial charge in [0, 0.05) is 6.42 Å². The largest absolute Gasteiger partial charge is 0.462 e. The molecule has 0 amide bonds. The van der Waals surface area contributed by atoms with Crippen LogP contribution in [-0.2, 0) is 9.53 Å². The lowest BCUT2D eigenvalue weighted by molar-refractivity contribution is -0.138. The van der Waals surface area contributed by atoms with Crippen molar-refractivity contribution in [3.05, 3.63) is 23.8 Å². The molecular weight excluding hydrogens is 211 g/mol. The molecule has 1 rings (SSSR count). The van der Waals surface area contributed by atoms with Crippen molar-refractivity contribution in [2.24, 2.45) is 0 Å². The van der Waals surface area contributed by atoms with Gasteiger partial charge in [-0.15, -0.1) is 0 Å². The van der Waals surface area contributed by atoms with Gasteiger partial charge in [-0.3, -0.25) is 0 Å². The van der Waals surface area contributed by atoms with Gasteiger partial charge in [0.05, 0.1) is 12.2 Å². The minimum absolute atomic E-state index is 0.331. The van der Waals surface area contributed by atoms with Gasteiger partial charge >= 0.3 is 5.97 Å². The number of alkyl halides is 2. The van der Waals surface area contributed by atoms with Gasteiger partial charge in [0.2, 0.25) is 0 Å². The topological polar surface area (TPSA) is 26.3 Å². The van der Waals surface area contributed by atoms with E-state index in [0.29, 0.717) is 18.6 Å². The second kappa shape index (κ2) is 4.16. The zero-order chi connectivity index (χ0) is 9.90. The molecule has 0 saturated carbocycles. The summed E-state index contributed by atoms with van der Waals surface area (Å²) in [7, 11) is 0. The summed E-state index contributed by atoms with van der Waals surface area (Å²) in [5, 5.41) is 0. The first-order valence-electron chi connectivity index (χ1n) is 3.99. The van der Waals surface area contributed by atoms with Gasteiger partial charge < -0.3 is 4.74 Å². The molecule has 1 aliphatic rings. The van der Waals surface area contributed by atoms with Crippen molar-refractivity contribution in [1.29, 1.82) is 0 Å². The SMILES string of the molecule is CCOC(=O)C1=CCC(Cl)(Cl)C=C1. The normalized spacial score (nSPS) is 19.5. The first-order chi connectivity index (χ1) is 6.05. The van der Waals surface area contributed by atoms with Gasteiger partial charge in [-0.05, 0) is 19.1 Å². The van der Waals surface area contributed by atoms with Crippen LogP contribution in [-0.4, -0.2) is 16.9 Å². The molecular formula is C9H10Cl2O2. The molecule has 0 aromatic rings. The lowest BCUT2D eigenvalue weighted by atomic mass is 10.1. The van der Waals surface area contributed by atoms with E-state index in [0.717, 1.165) is 0 Å². The highest BCUT2D eigenvalue weighted by molar-refractivity contribution is 6.50. The molecule has 0 unspecified atom stereocenters. The molecule has 0 atom stereocenters. The molecule has 1 aliphatic carbocycles. The molecule has 0 bridgehead atoms. The lowest BCUT2D eigenvalue weighted by Gasteiger charge is -2.16. The minimum Gasteiger partial charge on any atom is -0.462 e. The van der Waals surface area contributed by atoms with Crippen LogP contribution in [0.1, 0.15) is 13.3 Å². The molecule has 0 aliphatic heterocycles. The number of halogens is 2. The van der Waals surface area contributed by atoms with E-state index in [9.17, 15) is 4.79 Å². The number of allylic oxidation sites excluding steroid dienone is 2. The minimum atomic E-state index is -0.879. The fraction of sp³-hybridized carbons (Fsp3) is 0.444. The maximum absolute atomic E-state index is 11.2. The van der Waals surface area contributed by atoms with Crippen molar-refractivity contribution >= 4 is 29.2 Å². The van der Waals surface area contributed by atoms with Crippen LogP contribution in [0.25, 0.3) is 0 Å². The Kier molecular flexibility index (Phi) is 3.40. The molecule has 4 heteroatoms. The zero-order valence-electron chi connectivity index (χ0n) is 7.22. The van der Waals surface area contributed by atoms with Gasteiger partial charge in [-0.2, -0.15) is 0 Å². The third kappa shape index (κ3) is 3.05. The third-order valence-electron chi connectivity index (χ3n) is 1.61. The fourth-order valence-corrected chi connectivity index (χ4v) is 1.24. The Bertz CT molecular complexity index is 267. The molecule has 72 valence electrons. The van der Waals surface area contributed by atoms with Crippen LogP contribution in [0.2, 0.25) is 0 Å². The molecule has 2 nitrogen and oxygen atoms in total. The third-order valence-corrected chi connectivity index (χ3v) is 2.17. The van der Waals surface area contributed by atoms with Crippen LogP contribution in [0.4, 0.5) is 0 Å². The summed E-state index contributed by atoms with van der Waals surface area (Å²) >= 11 is 11.6. The Balaban J connectivity index is 2.62. The van der Waals surface area contributed by atoms with E-state index in [1.165, 1.54) is 0 Å². The predicted octanol–water partition coefficient (Wildman–Crippen LogP) is 2.61.